The second-order valence-electron chi connectivity index (χ2n) is 10.3. The largest absolute Gasteiger partial charge is 0.457 e. The zero-order chi connectivity index (χ0) is 21.9. The Labute approximate surface area is 189 Å². The van der Waals surface area contributed by atoms with E-state index in [-0.39, 0.29) is 47.9 Å². The van der Waals surface area contributed by atoms with Gasteiger partial charge in [-0.2, -0.15) is 0 Å². The van der Waals surface area contributed by atoms with Crippen LogP contribution in [-0.4, -0.2) is 52.6 Å². The predicted molar refractivity (Wildman–Crippen MR) is 115 cm³/mol. The fourth-order valence-electron chi connectivity index (χ4n) is 7.47. The van der Waals surface area contributed by atoms with Gasteiger partial charge in [-0.25, -0.2) is 0 Å². The normalized spacial score (nSPS) is 43.6. The molecule has 3 saturated carbocycles. The van der Waals surface area contributed by atoms with E-state index in [2.05, 4.69) is 6.92 Å². The van der Waals surface area contributed by atoms with Gasteiger partial charge >= 0.3 is 5.97 Å². The van der Waals surface area contributed by atoms with Crippen LogP contribution in [0.3, 0.4) is 0 Å². The Hall–Kier alpha value is -1.28. The molecule has 0 saturated heterocycles. The summed E-state index contributed by atoms with van der Waals surface area (Å²) in [5.41, 5.74) is 3.78. The molecule has 0 amide bonds. The molecule has 4 aliphatic rings. The summed E-state index contributed by atoms with van der Waals surface area (Å²) in [4.78, 5) is 36.3. The monoisotopic (exact) mass is 455 g/mol. The lowest BCUT2D eigenvalue weighted by Gasteiger charge is -2.60. The lowest BCUT2D eigenvalue weighted by Crippen LogP contribution is -2.62. The maximum absolute atomic E-state index is 12.9. The molecule has 4 rings (SSSR count). The molecule has 0 aromatic heterocycles. The van der Waals surface area contributed by atoms with E-state index in [0.29, 0.717) is 25.7 Å². The van der Waals surface area contributed by atoms with Crippen LogP contribution in [-0.2, 0) is 19.1 Å². The van der Waals surface area contributed by atoms with Gasteiger partial charge in [-0.3, -0.25) is 14.4 Å². The quantitative estimate of drug-likeness (QED) is 0.550. The first-order valence-corrected chi connectivity index (χ1v) is 11.1. The van der Waals surface area contributed by atoms with Crippen molar-refractivity contribution in [2.24, 2.45) is 34.3 Å². The van der Waals surface area contributed by atoms with Crippen LogP contribution >= 0.6 is 12.4 Å². The lowest BCUT2D eigenvalue weighted by atomic mass is 9.45. The van der Waals surface area contributed by atoms with E-state index in [9.17, 15) is 24.6 Å². The summed E-state index contributed by atoms with van der Waals surface area (Å²) in [6, 6.07) is 0. The molecule has 174 valence electrons. The van der Waals surface area contributed by atoms with E-state index in [1.165, 1.54) is 0 Å². The first-order valence-electron chi connectivity index (χ1n) is 11.1. The molecule has 0 aliphatic heterocycles. The molecule has 0 spiro atoms. The third-order valence-corrected chi connectivity index (χ3v) is 9.04. The first kappa shape index (κ1) is 24.4. The van der Waals surface area contributed by atoms with Gasteiger partial charge in [0.05, 0.1) is 12.6 Å². The summed E-state index contributed by atoms with van der Waals surface area (Å²) in [5, 5.41) is 22.8. The number of esters is 1. The molecule has 4 N–H and O–H groups in total. The summed E-state index contributed by atoms with van der Waals surface area (Å²) in [5.74, 6) is -0.712. The lowest BCUT2D eigenvalue weighted by molar-refractivity contribution is -0.184. The maximum atomic E-state index is 12.9. The fraction of sp³-hybridized carbons (Fsp3) is 0.783. The number of aliphatic hydroxyl groups is 2. The van der Waals surface area contributed by atoms with E-state index in [0.717, 1.165) is 24.8 Å². The van der Waals surface area contributed by atoms with E-state index >= 15 is 0 Å². The molecule has 0 bridgehead atoms. The SMILES string of the molecule is C[C@]12CCC(=O)C=C1CC[C@@H]1[C@@H]2[C@@H](O)C[C@@]2(C)[C@H]1CC[C@]2(O)C(=O)COC(=O)CN.Cl. The van der Waals surface area contributed by atoms with Gasteiger partial charge in [-0.15, -0.1) is 12.4 Å². The fourth-order valence-corrected chi connectivity index (χ4v) is 7.47. The Morgan fingerprint density at radius 2 is 1.94 bits per heavy atom. The number of Topliss-reactive ketones (excluding diaryl/α,β-unsaturated/α-hetero) is 1. The Kier molecular flexibility index (Phi) is 6.48. The first-order chi connectivity index (χ1) is 14.1. The number of allylic oxidation sites excluding steroid dienone is 1. The number of carbonyl (C=O) groups excluding carboxylic acids is 3. The predicted octanol–water partition coefficient (Wildman–Crippen LogP) is 1.71. The van der Waals surface area contributed by atoms with Gasteiger partial charge in [0, 0.05) is 11.8 Å². The van der Waals surface area contributed by atoms with Crippen LogP contribution in [0.25, 0.3) is 0 Å². The second-order valence-corrected chi connectivity index (χ2v) is 10.3. The van der Waals surface area contributed by atoms with Crippen molar-refractivity contribution in [1.82, 2.24) is 0 Å². The molecule has 4 aliphatic carbocycles. The van der Waals surface area contributed by atoms with Crippen molar-refractivity contribution in [1.29, 1.82) is 0 Å². The maximum Gasteiger partial charge on any atom is 0.320 e. The highest BCUT2D eigenvalue weighted by atomic mass is 35.5. The third kappa shape index (κ3) is 3.48. The summed E-state index contributed by atoms with van der Waals surface area (Å²) in [6.45, 7) is 3.27. The van der Waals surface area contributed by atoms with Gasteiger partial charge in [-0.05, 0) is 67.8 Å². The van der Waals surface area contributed by atoms with Crippen LogP contribution < -0.4 is 5.73 Å². The Morgan fingerprint density at radius 1 is 1.23 bits per heavy atom. The van der Waals surface area contributed by atoms with Crippen LogP contribution in [0.5, 0.6) is 0 Å². The molecule has 3 fully saturated rings. The number of nitrogens with two attached hydrogens (primary N) is 1. The summed E-state index contributed by atoms with van der Waals surface area (Å²) < 4.78 is 4.91. The summed E-state index contributed by atoms with van der Waals surface area (Å²) in [6.07, 6.45) is 5.38. The molecule has 0 aromatic carbocycles. The van der Waals surface area contributed by atoms with E-state index < -0.39 is 35.5 Å². The molecule has 0 unspecified atom stereocenters. The zero-order valence-corrected chi connectivity index (χ0v) is 19.1. The van der Waals surface area contributed by atoms with Gasteiger partial charge in [0.1, 0.15) is 5.60 Å². The van der Waals surface area contributed by atoms with Crippen LogP contribution in [0.15, 0.2) is 11.6 Å². The number of aliphatic hydroxyl groups excluding tert-OH is 1. The van der Waals surface area contributed by atoms with Gasteiger partial charge in [0.25, 0.3) is 0 Å². The molecular weight excluding hydrogens is 422 g/mol. The topological polar surface area (TPSA) is 127 Å². The Balaban J connectivity index is 0.00000272. The van der Waals surface area contributed by atoms with Crippen molar-refractivity contribution < 1.29 is 29.3 Å². The summed E-state index contributed by atoms with van der Waals surface area (Å²) in [7, 11) is 0. The number of carbonyl (C=O) groups is 3. The Morgan fingerprint density at radius 3 is 2.61 bits per heavy atom. The van der Waals surface area contributed by atoms with E-state index in [1.807, 2.05) is 6.92 Å². The number of ether oxygens (including phenoxy) is 1. The number of hydrogen-bond donors (Lipinski definition) is 3. The van der Waals surface area contributed by atoms with Crippen molar-refractivity contribution >= 4 is 29.9 Å². The van der Waals surface area contributed by atoms with Crippen LogP contribution in [0.4, 0.5) is 0 Å². The number of hydrogen-bond acceptors (Lipinski definition) is 7. The number of ketones is 2. The van der Waals surface area contributed by atoms with Gasteiger partial charge in [-0.1, -0.05) is 19.4 Å². The van der Waals surface area contributed by atoms with Gasteiger partial charge < -0.3 is 20.7 Å². The highest BCUT2D eigenvalue weighted by Crippen LogP contribution is 2.67. The average Bonchev–Trinajstić information content (AvgIpc) is 2.97. The Bertz CT molecular complexity index is 814. The second kappa shape index (κ2) is 8.25. The summed E-state index contributed by atoms with van der Waals surface area (Å²) >= 11 is 0. The van der Waals surface area contributed by atoms with E-state index in [4.69, 9.17) is 10.5 Å². The van der Waals surface area contributed by atoms with Crippen molar-refractivity contribution in [3.63, 3.8) is 0 Å². The molecule has 8 heteroatoms. The molecule has 0 heterocycles. The average molecular weight is 456 g/mol. The minimum atomic E-state index is -1.63. The molecular formula is C23H34ClNO6. The molecule has 0 aromatic rings. The van der Waals surface area contributed by atoms with Crippen molar-refractivity contribution in [3.8, 4) is 0 Å². The van der Waals surface area contributed by atoms with Crippen molar-refractivity contribution in [2.45, 2.75) is 70.5 Å². The molecule has 7 atom stereocenters. The van der Waals surface area contributed by atoms with Crippen molar-refractivity contribution in [3.05, 3.63) is 11.6 Å². The van der Waals surface area contributed by atoms with Crippen LogP contribution in [0, 0.1) is 28.6 Å². The molecule has 0 radical (unpaired) electrons. The minimum absolute atomic E-state index is 0. The molecule has 31 heavy (non-hydrogen) atoms. The molecule has 7 nitrogen and oxygen atoms in total. The van der Waals surface area contributed by atoms with Crippen molar-refractivity contribution in [2.75, 3.05) is 13.2 Å². The standard InChI is InChI=1S/C23H33NO6.ClH/c1-21-7-5-14(25)9-13(21)3-4-15-16-6-8-23(29,18(27)12-30-19(28)11-24)22(16,2)10-17(26)20(15)21;/h9,15-17,20,26,29H,3-8,10-12,24H2,1-2H3;1H/t15-,16-,17-,20+,21-,22-,23-;/m0./s1. The highest BCUT2D eigenvalue weighted by molar-refractivity contribution is 5.92. The van der Waals surface area contributed by atoms with Gasteiger partial charge in [0.2, 0.25) is 5.78 Å². The number of halogens is 1. The highest BCUT2D eigenvalue weighted by Gasteiger charge is 2.68. The minimum Gasteiger partial charge on any atom is -0.457 e. The third-order valence-electron chi connectivity index (χ3n) is 9.04. The number of rotatable bonds is 4. The van der Waals surface area contributed by atoms with Gasteiger partial charge in [0.15, 0.2) is 12.4 Å². The zero-order valence-electron chi connectivity index (χ0n) is 18.3. The number of fused-ring (bicyclic) bond motifs is 5. The smallest absolute Gasteiger partial charge is 0.320 e. The van der Waals surface area contributed by atoms with Crippen LogP contribution in [0.2, 0.25) is 0 Å². The van der Waals surface area contributed by atoms with Crippen LogP contribution in [0.1, 0.15) is 58.8 Å². The van der Waals surface area contributed by atoms with E-state index in [1.54, 1.807) is 6.08 Å².